The Labute approximate surface area is 186 Å². The molecule has 2 aromatic carbocycles. The molecule has 0 unspecified atom stereocenters. The maximum Gasteiger partial charge on any atom is 0.311 e. The molecule has 1 fully saturated rings. The van der Waals surface area contributed by atoms with Crippen molar-refractivity contribution in [2.75, 3.05) is 18.5 Å². The first-order chi connectivity index (χ1) is 15.2. The van der Waals surface area contributed by atoms with Gasteiger partial charge in [-0.05, 0) is 30.3 Å². The van der Waals surface area contributed by atoms with Crippen LogP contribution < -0.4 is 10.7 Å². The molecule has 1 saturated heterocycles. The van der Waals surface area contributed by atoms with Crippen LogP contribution in [0.3, 0.4) is 0 Å². The van der Waals surface area contributed by atoms with Crippen molar-refractivity contribution in [2.24, 2.45) is 5.92 Å². The second kappa shape index (κ2) is 9.88. The van der Waals surface area contributed by atoms with Crippen molar-refractivity contribution in [1.82, 2.24) is 10.4 Å². The average Bonchev–Trinajstić information content (AvgIpc) is 3.13. The number of nitrogens with one attached hydrogen (secondary N) is 2. The highest BCUT2D eigenvalue weighted by Crippen LogP contribution is 2.21. The third-order valence-electron chi connectivity index (χ3n) is 4.51. The van der Waals surface area contributed by atoms with E-state index in [4.69, 9.17) is 16.3 Å². The van der Waals surface area contributed by atoms with Crippen LogP contribution in [0.4, 0.5) is 11.4 Å². The van der Waals surface area contributed by atoms with E-state index in [-0.39, 0.29) is 18.5 Å². The van der Waals surface area contributed by atoms with Gasteiger partial charge in [0.05, 0.1) is 17.4 Å². The normalized spacial score (nSPS) is 15.2. The molecule has 0 aliphatic carbocycles. The lowest BCUT2D eigenvalue weighted by Crippen LogP contribution is -2.43. The molecule has 0 spiro atoms. The number of nitro groups is 1. The van der Waals surface area contributed by atoms with Gasteiger partial charge < -0.3 is 10.1 Å². The first kappa shape index (κ1) is 22.7. The molecule has 3 amide bonds. The lowest BCUT2D eigenvalue weighted by molar-refractivity contribution is -0.385. The van der Waals surface area contributed by atoms with Crippen molar-refractivity contribution in [3.63, 3.8) is 0 Å². The summed E-state index contributed by atoms with van der Waals surface area (Å²) in [4.78, 5) is 59.1. The van der Waals surface area contributed by atoms with Gasteiger partial charge in [0.15, 0.2) is 6.61 Å². The monoisotopic (exact) mass is 460 g/mol. The van der Waals surface area contributed by atoms with Gasteiger partial charge in [-0.3, -0.25) is 39.7 Å². The van der Waals surface area contributed by atoms with E-state index in [1.807, 2.05) is 0 Å². The van der Waals surface area contributed by atoms with E-state index in [0.717, 1.165) is 11.1 Å². The minimum absolute atomic E-state index is 0.192. The standard InChI is InChI=1S/C20H17ClN4O7/c21-13-5-7-14(8-6-13)22-17(26)11-32-20(29)12-9-18(27)24(10-12)23-19(28)15-3-1-2-4-16(15)25(30)31/h1-8,12H,9-11H2,(H,22,26)(H,23,28)/t12-/m1/s1. The fourth-order valence-corrected chi connectivity index (χ4v) is 3.09. The molecule has 0 radical (unpaired) electrons. The molecule has 0 saturated carbocycles. The van der Waals surface area contributed by atoms with Gasteiger partial charge in [0, 0.05) is 23.2 Å². The lowest BCUT2D eigenvalue weighted by Gasteiger charge is -2.17. The molecule has 0 bridgehead atoms. The molecule has 32 heavy (non-hydrogen) atoms. The molecular formula is C20H17ClN4O7. The highest BCUT2D eigenvalue weighted by Gasteiger charge is 2.37. The molecule has 3 rings (SSSR count). The fraction of sp³-hybridized carbons (Fsp3) is 0.200. The highest BCUT2D eigenvalue weighted by molar-refractivity contribution is 6.30. The van der Waals surface area contributed by atoms with E-state index in [1.165, 1.54) is 18.2 Å². The van der Waals surface area contributed by atoms with Crippen molar-refractivity contribution in [3.05, 3.63) is 69.2 Å². The summed E-state index contributed by atoms with van der Waals surface area (Å²) in [6, 6.07) is 11.6. The topological polar surface area (TPSA) is 148 Å². The lowest BCUT2D eigenvalue weighted by atomic mass is 10.1. The Morgan fingerprint density at radius 1 is 1.16 bits per heavy atom. The summed E-state index contributed by atoms with van der Waals surface area (Å²) in [5.41, 5.74) is 2.09. The van der Waals surface area contributed by atoms with Gasteiger partial charge in [-0.1, -0.05) is 23.7 Å². The maximum atomic E-state index is 12.4. The highest BCUT2D eigenvalue weighted by atomic mass is 35.5. The molecule has 11 nitrogen and oxygen atoms in total. The average molecular weight is 461 g/mol. The number of nitrogens with zero attached hydrogens (tertiary/aromatic N) is 2. The van der Waals surface area contributed by atoms with Crippen molar-refractivity contribution in [1.29, 1.82) is 0 Å². The third-order valence-corrected chi connectivity index (χ3v) is 4.77. The molecule has 2 N–H and O–H groups in total. The smallest absolute Gasteiger partial charge is 0.311 e. The molecule has 1 heterocycles. The summed E-state index contributed by atoms with van der Waals surface area (Å²) in [6.07, 6.45) is -0.241. The van der Waals surface area contributed by atoms with E-state index in [1.54, 1.807) is 24.3 Å². The number of hydrogen-bond donors (Lipinski definition) is 2. The number of para-hydroxylation sites is 1. The van der Waals surface area contributed by atoms with Crippen LogP contribution in [-0.4, -0.2) is 46.8 Å². The fourth-order valence-electron chi connectivity index (χ4n) is 2.97. The number of amides is 3. The number of nitro benzene ring substituents is 1. The Hall–Kier alpha value is -3.99. The third kappa shape index (κ3) is 5.58. The van der Waals surface area contributed by atoms with Crippen molar-refractivity contribution in [2.45, 2.75) is 6.42 Å². The van der Waals surface area contributed by atoms with Crippen LogP contribution in [0, 0.1) is 16.0 Å². The minimum Gasteiger partial charge on any atom is -0.455 e. The predicted octanol–water partition coefficient (Wildman–Crippen LogP) is 1.92. The Morgan fingerprint density at radius 3 is 2.53 bits per heavy atom. The quantitative estimate of drug-likeness (QED) is 0.364. The number of anilines is 1. The van der Waals surface area contributed by atoms with Gasteiger partial charge >= 0.3 is 5.97 Å². The molecule has 2 aromatic rings. The molecular weight excluding hydrogens is 444 g/mol. The van der Waals surface area contributed by atoms with E-state index < -0.39 is 46.8 Å². The molecule has 1 atom stereocenters. The summed E-state index contributed by atoms with van der Waals surface area (Å²) in [5.74, 6) is -3.69. The van der Waals surface area contributed by atoms with Gasteiger partial charge in [-0.25, -0.2) is 0 Å². The van der Waals surface area contributed by atoms with Gasteiger partial charge in [-0.2, -0.15) is 0 Å². The van der Waals surface area contributed by atoms with Crippen LogP contribution in [0.2, 0.25) is 5.02 Å². The SMILES string of the molecule is O=C(COC(=O)[C@@H]1CC(=O)N(NC(=O)c2ccccc2[N+](=O)[O-])C1)Nc1ccc(Cl)cc1. The number of carbonyl (C=O) groups excluding carboxylic acids is 4. The Balaban J connectivity index is 1.52. The summed E-state index contributed by atoms with van der Waals surface area (Å²) in [6.45, 7) is -0.752. The number of benzene rings is 2. The van der Waals surface area contributed by atoms with Gasteiger partial charge in [-0.15, -0.1) is 0 Å². The first-order valence-corrected chi connectivity index (χ1v) is 9.69. The minimum atomic E-state index is -0.906. The number of rotatable bonds is 7. The van der Waals surface area contributed by atoms with Crippen LogP contribution in [-0.2, 0) is 19.1 Å². The van der Waals surface area contributed by atoms with Crippen LogP contribution in [0.15, 0.2) is 48.5 Å². The van der Waals surface area contributed by atoms with Crippen molar-refractivity contribution < 1.29 is 28.8 Å². The molecule has 0 aromatic heterocycles. The van der Waals surface area contributed by atoms with Gasteiger partial charge in [0.1, 0.15) is 5.56 Å². The van der Waals surface area contributed by atoms with Crippen LogP contribution in [0.5, 0.6) is 0 Å². The second-order valence-electron chi connectivity index (χ2n) is 6.78. The number of hydrogen-bond acceptors (Lipinski definition) is 7. The van der Waals surface area contributed by atoms with Crippen LogP contribution in [0.25, 0.3) is 0 Å². The molecule has 166 valence electrons. The number of carbonyl (C=O) groups is 4. The molecule has 1 aliphatic heterocycles. The van der Waals surface area contributed by atoms with Crippen LogP contribution in [0.1, 0.15) is 16.8 Å². The number of hydrazine groups is 1. The van der Waals surface area contributed by atoms with Crippen molar-refractivity contribution in [3.8, 4) is 0 Å². The zero-order valence-electron chi connectivity index (χ0n) is 16.4. The maximum absolute atomic E-state index is 12.4. The van der Waals surface area contributed by atoms with E-state index in [0.29, 0.717) is 10.7 Å². The second-order valence-corrected chi connectivity index (χ2v) is 7.22. The van der Waals surface area contributed by atoms with E-state index in [2.05, 4.69) is 10.7 Å². The Bertz CT molecular complexity index is 1070. The first-order valence-electron chi connectivity index (χ1n) is 9.31. The summed E-state index contributed by atoms with van der Waals surface area (Å²) < 4.78 is 4.96. The Kier molecular flexibility index (Phi) is 7.00. The zero-order chi connectivity index (χ0) is 23.3. The molecule has 12 heteroatoms. The Morgan fingerprint density at radius 2 is 1.84 bits per heavy atom. The number of esters is 1. The number of halogens is 1. The number of ether oxygens (including phenoxy) is 1. The van der Waals surface area contributed by atoms with Gasteiger partial charge in [0.2, 0.25) is 5.91 Å². The molecule has 1 aliphatic rings. The van der Waals surface area contributed by atoms with Gasteiger partial charge in [0.25, 0.3) is 17.5 Å². The van der Waals surface area contributed by atoms with Crippen molar-refractivity contribution >= 4 is 46.7 Å². The predicted molar refractivity (Wildman–Crippen MR) is 111 cm³/mol. The summed E-state index contributed by atoms with van der Waals surface area (Å²) >= 11 is 5.77. The van der Waals surface area contributed by atoms with E-state index >= 15 is 0 Å². The van der Waals surface area contributed by atoms with E-state index in [9.17, 15) is 29.3 Å². The van der Waals surface area contributed by atoms with Crippen LogP contribution >= 0.6 is 11.6 Å². The summed E-state index contributed by atoms with van der Waals surface area (Å²) in [5, 5.41) is 15.0. The zero-order valence-corrected chi connectivity index (χ0v) is 17.2. The largest absolute Gasteiger partial charge is 0.455 e. The summed E-state index contributed by atoms with van der Waals surface area (Å²) in [7, 11) is 0.